The van der Waals surface area contributed by atoms with Crippen molar-refractivity contribution in [3.8, 4) is 0 Å². The average molecular weight is 391 g/mol. The number of hydrogen-bond acceptors (Lipinski definition) is 4. The van der Waals surface area contributed by atoms with Crippen LogP contribution in [0.15, 0.2) is 53.4 Å². The van der Waals surface area contributed by atoms with Crippen LogP contribution in [0.2, 0.25) is 19.6 Å². The van der Waals surface area contributed by atoms with Gasteiger partial charge in [0.25, 0.3) is 5.69 Å². The molecule has 3 atom stereocenters. The molecule has 1 fully saturated rings. The summed E-state index contributed by atoms with van der Waals surface area (Å²) in [6, 6.07) is 12.8. The lowest BCUT2D eigenvalue weighted by molar-refractivity contribution is -0.384. The topological polar surface area (TPSA) is 80.3 Å². The van der Waals surface area contributed by atoms with Crippen molar-refractivity contribution in [1.29, 1.82) is 0 Å². The summed E-state index contributed by atoms with van der Waals surface area (Å²) >= 11 is 0. The van der Waals surface area contributed by atoms with Crippen molar-refractivity contribution in [2.45, 2.75) is 43.2 Å². The second-order valence-corrected chi connectivity index (χ2v) is 14.9. The maximum atomic E-state index is 13.2. The van der Waals surface area contributed by atoms with Gasteiger partial charge in [0.1, 0.15) is 0 Å². The summed E-state index contributed by atoms with van der Waals surface area (Å²) in [4.78, 5) is 10.7. The average Bonchev–Trinajstić information content (AvgIpc) is 3.32. The molecular weight excluding hydrogens is 368 g/mol. The lowest BCUT2D eigenvalue weighted by Gasteiger charge is -2.15. The summed E-state index contributed by atoms with van der Waals surface area (Å²) in [7, 11) is -5.41. The number of benzene rings is 2. The van der Waals surface area contributed by atoms with Crippen LogP contribution in [0.4, 0.5) is 5.69 Å². The Kier molecular flexibility index (Phi) is 4.54. The molecule has 138 valence electrons. The van der Waals surface area contributed by atoms with Crippen molar-refractivity contribution in [2.75, 3.05) is 0 Å². The van der Waals surface area contributed by atoms with E-state index in [-0.39, 0.29) is 22.3 Å². The predicted octanol–water partition coefficient (Wildman–Crippen LogP) is 3.89. The Morgan fingerprint density at radius 2 is 1.54 bits per heavy atom. The van der Waals surface area contributed by atoms with Crippen LogP contribution in [0, 0.1) is 17.0 Å². The van der Waals surface area contributed by atoms with Crippen molar-refractivity contribution in [3.05, 3.63) is 69.8 Å². The van der Waals surface area contributed by atoms with Crippen LogP contribution < -0.4 is 0 Å². The molecular formula is C18H22N2O4SSi. The standard InChI is InChI=1S/C18H22N2O4SSi/c1-13-5-11-16(12-6-13)25(23,24)19-17(18(19)26(2,3)4)14-7-9-15(10-8-14)20(21)22/h5-12,17-18H,1-4H3/t17-,18+,19?/m1/s1. The molecule has 0 radical (unpaired) electrons. The maximum Gasteiger partial charge on any atom is 0.269 e. The first kappa shape index (κ1) is 18.7. The maximum absolute atomic E-state index is 13.2. The zero-order chi connectivity index (χ0) is 19.3. The summed E-state index contributed by atoms with van der Waals surface area (Å²) < 4.78 is 27.9. The molecule has 2 aromatic rings. The van der Waals surface area contributed by atoms with Crippen LogP contribution in [0.5, 0.6) is 0 Å². The predicted molar refractivity (Wildman–Crippen MR) is 103 cm³/mol. The molecule has 26 heavy (non-hydrogen) atoms. The molecule has 0 aromatic heterocycles. The zero-order valence-electron chi connectivity index (χ0n) is 15.2. The number of rotatable bonds is 5. The van der Waals surface area contributed by atoms with E-state index in [9.17, 15) is 18.5 Å². The van der Waals surface area contributed by atoms with E-state index in [1.807, 2.05) is 6.92 Å². The number of nitro benzene ring substituents is 1. The van der Waals surface area contributed by atoms with Gasteiger partial charge in [-0.1, -0.05) is 49.5 Å². The fraction of sp³-hybridized carbons (Fsp3) is 0.333. The van der Waals surface area contributed by atoms with Crippen LogP contribution >= 0.6 is 0 Å². The highest BCUT2D eigenvalue weighted by Crippen LogP contribution is 2.51. The van der Waals surface area contributed by atoms with Gasteiger partial charge in [-0.2, -0.15) is 4.31 Å². The molecule has 1 saturated heterocycles. The van der Waals surface area contributed by atoms with E-state index >= 15 is 0 Å². The molecule has 0 N–H and O–H groups in total. The summed E-state index contributed by atoms with van der Waals surface area (Å²) in [5.41, 5.74) is 1.75. The minimum absolute atomic E-state index is 0.00638. The van der Waals surface area contributed by atoms with Gasteiger partial charge in [-0.05, 0) is 24.6 Å². The lowest BCUT2D eigenvalue weighted by Crippen LogP contribution is -2.33. The number of aryl methyl sites for hydroxylation is 1. The number of hydrogen-bond donors (Lipinski definition) is 0. The molecule has 0 amide bonds. The molecule has 1 aliphatic rings. The highest BCUT2D eigenvalue weighted by molar-refractivity contribution is 7.89. The summed E-state index contributed by atoms with van der Waals surface area (Å²) in [6.07, 6.45) is 0. The minimum Gasteiger partial charge on any atom is -0.258 e. The van der Waals surface area contributed by atoms with Crippen LogP contribution in [-0.2, 0) is 10.0 Å². The van der Waals surface area contributed by atoms with Crippen molar-refractivity contribution >= 4 is 23.8 Å². The third kappa shape index (κ3) is 3.32. The Hall–Kier alpha value is -2.03. The number of sulfonamides is 1. The molecule has 0 spiro atoms. The third-order valence-corrected chi connectivity index (χ3v) is 9.12. The first-order valence-corrected chi connectivity index (χ1v) is 13.4. The van der Waals surface area contributed by atoms with E-state index in [0.29, 0.717) is 0 Å². The van der Waals surface area contributed by atoms with Gasteiger partial charge >= 0.3 is 0 Å². The zero-order valence-corrected chi connectivity index (χ0v) is 17.0. The van der Waals surface area contributed by atoms with Crippen molar-refractivity contribution in [3.63, 3.8) is 0 Å². The molecule has 1 unspecified atom stereocenters. The minimum atomic E-state index is -3.60. The van der Waals surface area contributed by atoms with E-state index in [0.717, 1.165) is 11.1 Å². The van der Waals surface area contributed by atoms with Crippen molar-refractivity contribution in [2.24, 2.45) is 0 Å². The van der Waals surface area contributed by atoms with Crippen LogP contribution in [0.25, 0.3) is 0 Å². The monoisotopic (exact) mass is 390 g/mol. The molecule has 0 saturated carbocycles. The van der Waals surface area contributed by atoms with E-state index in [4.69, 9.17) is 0 Å². The highest BCUT2D eigenvalue weighted by atomic mass is 32.2. The van der Waals surface area contributed by atoms with Crippen molar-refractivity contribution < 1.29 is 13.3 Å². The Labute approximate surface area is 154 Å². The van der Waals surface area contributed by atoms with Gasteiger partial charge in [-0.15, -0.1) is 0 Å². The first-order valence-electron chi connectivity index (χ1n) is 8.38. The smallest absolute Gasteiger partial charge is 0.258 e. The number of nitro groups is 1. The highest BCUT2D eigenvalue weighted by Gasteiger charge is 2.61. The van der Waals surface area contributed by atoms with Gasteiger partial charge in [0.15, 0.2) is 0 Å². The van der Waals surface area contributed by atoms with Crippen LogP contribution in [0.3, 0.4) is 0 Å². The van der Waals surface area contributed by atoms with Crippen LogP contribution in [0.1, 0.15) is 17.2 Å². The molecule has 1 aliphatic heterocycles. The fourth-order valence-electron chi connectivity index (χ4n) is 3.32. The summed E-state index contributed by atoms with van der Waals surface area (Å²) in [5, 5.41) is 10.9. The van der Waals surface area contributed by atoms with Crippen LogP contribution in [-0.4, -0.2) is 31.4 Å². The number of non-ortho nitro benzene ring substituents is 1. The molecule has 0 aliphatic carbocycles. The third-order valence-electron chi connectivity index (χ3n) is 4.69. The molecule has 6 nitrogen and oxygen atoms in total. The summed E-state index contributed by atoms with van der Waals surface area (Å²) in [6.45, 7) is 8.33. The quantitative estimate of drug-likeness (QED) is 0.336. The Bertz CT molecular complexity index is 935. The SMILES string of the molecule is Cc1ccc(S(=O)(=O)N2[C@H](c3ccc([N+](=O)[O-])cc3)[C@@H]2[Si](C)(C)C)cc1. The van der Waals surface area contributed by atoms with Gasteiger partial charge in [-0.3, -0.25) is 10.1 Å². The largest absolute Gasteiger partial charge is 0.269 e. The second kappa shape index (κ2) is 6.29. The lowest BCUT2D eigenvalue weighted by atomic mass is 10.1. The fourth-order valence-corrected chi connectivity index (χ4v) is 8.55. The van der Waals surface area contributed by atoms with Gasteiger partial charge in [0.05, 0.1) is 23.9 Å². The number of nitrogens with zero attached hydrogens (tertiary/aromatic N) is 2. The van der Waals surface area contributed by atoms with Crippen molar-refractivity contribution in [1.82, 2.24) is 4.31 Å². The van der Waals surface area contributed by atoms with E-state index in [2.05, 4.69) is 19.6 Å². The molecule has 0 bridgehead atoms. The second-order valence-electron chi connectivity index (χ2n) is 7.75. The molecule has 1 heterocycles. The Balaban J connectivity index is 1.99. The molecule has 8 heteroatoms. The van der Waals surface area contributed by atoms with Gasteiger partial charge in [0, 0.05) is 17.8 Å². The Morgan fingerprint density at radius 1 is 1.00 bits per heavy atom. The summed E-state index contributed by atoms with van der Waals surface area (Å²) in [5.74, 6) is 0. The normalized spacial score (nSPS) is 22.8. The van der Waals surface area contributed by atoms with Gasteiger partial charge in [0.2, 0.25) is 10.0 Å². The van der Waals surface area contributed by atoms with Gasteiger partial charge in [-0.25, -0.2) is 8.42 Å². The first-order chi connectivity index (χ1) is 12.0. The van der Waals surface area contributed by atoms with E-state index in [1.54, 1.807) is 40.7 Å². The molecule has 3 rings (SSSR count). The van der Waals surface area contributed by atoms with Gasteiger partial charge < -0.3 is 0 Å². The molecule has 2 aromatic carbocycles. The van der Waals surface area contributed by atoms with E-state index in [1.165, 1.54) is 12.1 Å². The van der Waals surface area contributed by atoms with E-state index < -0.39 is 23.0 Å². The Morgan fingerprint density at radius 3 is 2.00 bits per heavy atom.